The summed E-state index contributed by atoms with van der Waals surface area (Å²) in [6, 6.07) is 8.63. The van der Waals surface area contributed by atoms with Gasteiger partial charge in [0.05, 0.1) is 6.10 Å². The van der Waals surface area contributed by atoms with Gasteiger partial charge in [-0.15, -0.1) is 0 Å². The van der Waals surface area contributed by atoms with E-state index >= 15 is 0 Å². The molecule has 1 saturated carbocycles. The Bertz CT molecular complexity index is 416. The summed E-state index contributed by atoms with van der Waals surface area (Å²) in [6.45, 7) is 7.69. The largest absolute Gasteiger partial charge is 0.491 e. The van der Waals surface area contributed by atoms with Gasteiger partial charge in [-0.25, -0.2) is 0 Å². The van der Waals surface area contributed by atoms with Gasteiger partial charge in [-0.3, -0.25) is 0 Å². The van der Waals surface area contributed by atoms with Crippen LogP contribution in [0.1, 0.15) is 51.5 Å². The normalized spacial score (nSPS) is 26.8. The Labute approximate surface area is 123 Å². The molecule has 2 nitrogen and oxygen atoms in total. The third-order valence-electron chi connectivity index (χ3n) is 4.40. The second-order valence-electron chi connectivity index (χ2n) is 6.55. The van der Waals surface area contributed by atoms with Crippen molar-refractivity contribution in [1.82, 2.24) is 5.32 Å². The molecule has 20 heavy (non-hydrogen) atoms. The molecule has 2 rings (SSSR count). The van der Waals surface area contributed by atoms with E-state index in [0.717, 1.165) is 24.1 Å². The SMILES string of the molecule is CNCC1CCC(C)CC1c1ccccc1OC(C)C. The van der Waals surface area contributed by atoms with Crippen molar-refractivity contribution < 1.29 is 4.74 Å². The van der Waals surface area contributed by atoms with E-state index in [1.165, 1.54) is 24.8 Å². The van der Waals surface area contributed by atoms with Gasteiger partial charge in [0.2, 0.25) is 0 Å². The molecule has 0 saturated heterocycles. The van der Waals surface area contributed by atoms with Crippen LogP contribution < -0.4 is 10.1 Å². The highest BCUT2D eigenvalue weighted by atomic mass is 16.5. The molecule has 2 heteroatoms. The lowest BCUT2D eigenvalue weighted by molar-refractivity contribution is 0.217. The monoisotopic (exact) mass is 275 g/mol. The predicted molar refractivity (Wildman–Crippen MR) is 85.4 cm³/mol. The highest BCUT2D eigenvalue weighted by molar-refractivity contribution is 5.37. The Morgan fingerprint density at radius 1 is 1.25 bits per heavy atom. The molecule has 112 valence electrons. The molecule has 0 aliphatic heterocycles. The van der Waals surface area contributed by atoms with Crippen molar-refractivity contribution in [3.05, 3.63) is 29.8 Å². The first-order valence-corrected chi connectivity index (χ1v) is 8.02. The van der Waals surface area contributed by atoms with Crippen LogP contribution in [0.2, 0.25) is 0 Å². The van der Waals surface area contributed by atoms with Crippen molar-refractivity contribution in [1.29, 1.82) is 0 Å². The van der Waals surface area contributed by atoms with Crippen molar-refractivity contribution >= 4 is 0 Å². The Morgan fingerprint density at radius 2 is 2.00 bits per heavy atom. The van der Waals surface area contributed by atoms with Crippen LogP contribution in [0.15, 0.2) is 24.3 Å². The van der Waals surface area contributed by atoms with Gasteiger partial charge in [-0.05, 0) is 69.7 Å². The minimum Gasteiger partial charge on any atom is -0.491 e. The van der Waals surface area contributed by atoms with Crippen LogP contribution in [0.4, 0.5) is 0 Å². The maximum absolute atomic E-state index is 6.04. The highest BCUT2D eigenvalue weighted by Gasteiger charge is 2.31. The summed E-state index contributed by atoms with van der Waals surface area (Å²) in [5.41, 5.74) is 1.41. The summed E-state index contributed by atoms with van der Waals surface area (Å²) in [6.07, 6.45) is 4.20. The molecule has 1 aliphatic rings. The predicted octanol–water partition coefficient (Wildman–Crippen LogP) is 4.21. The topological polar surface area (TPSA) is 21.3 Å². The lowest BCUT2D eigenvalue weighted by Gasteiger charge is -2.36. The number of hydrogen-bond donors (Lipinski definition) is 1. The molecule has 0 spiro atoms. The maximum Gasteiger partial charge on any atom is 0.123 e. The van der Waals surface area contributed by atoms with E-state index in [4.69, 9.17) is 4.74 Å². The van der Waals surface area contributed by atoms with Crippen LogP contribution >= 0.6 is 0 Å². The molecule has 1 fully saturated rings. The molecule has 3 atom stereocenters. The molecule has 1 N–H and O–H groups in total. The number of benzene rings is 1. The first-order chi connectivity index (χ1) is 9.61. The van der Waals surface area contributed by atoms with Gasteiger partial charge < -0.3 is 10.1 Å². The standard InChI is InChI=1S/C18H29NO/c1-13(2)20-18-8-6-5-7-16(18)17-11-14(3)9-10-15(17)12-19-4/h5-8,13-15,17,19H,9-12H2,1-4H3. The Balaban J connectivity index is 2.26. The van der Waals surface area contributed by atoms with E-state index in [9.17, 15) is 0 Å². The average molecular weight is 275 g/mol. The van der Waals surface area contributed by atoms with Crippen LogP contribution in [0, 0.1) is 11.8 Å². The molecule has 0 radical (unpaired) electrons. The Morgan fingerprint density at radius 3 is 2.70 bits per heavy atom. The quantitative estimate of drug-likeness (QED) is 0.869. The van der Waals surface area contributed by atoms with Gasteiger partial charge in [0.25, 0.3) is 0 Å². The molecule has 1 aromatic carbocycles. The third kappa shape index (κ3) is 3.76. The van der Waals surface area contributed by atoms with E-state index in [1.54, 1.807) is 0 Å². The lowest BCUT2D eigenvalue weighted by atomic mass is 9.71. The van der Waals surface area contributed by atoms with Crippen LogP contribution in [0.5, 0.6) is 5.75 Å². The smallest absolute Gasteiger partial charge is 0.123 e. The van der Waals surface area contributed by atoms with Crippen molar-refractivity contribution in [3.8, 4) is 5.75 Å². The number of ether oxygens (including phenoxy) is 1. The molecule has 0 bridgehead atoms. The Kier molecular flexibility index (Phi) is 5.47. The second-order valence-corrected chi connectivity index (χ2v) is 6.55. The molecular weight excluding hydrogens is 246 g/mol. The molecule has 0 heterocycles. The highest BCUT2D eigenvalue weighted by Crippen LogP contribution is 2.43. The molecule has 1 aromatic rings. The molecular formula is C18H29NO. The zero-order valence-electron chi connectivity index (χ0n) is 13.4. The zero-order chi connectivity index (χ0) is 14.5. The summed E-state index contributed by atoms with van der Waals surface area (Å²) >= 11 is 0. The van der Waals surface area contributed by atoms with Gasteiger partial charge in [0.1, 0.15) is 5.75 Å². The Hall–Kier alpha value is -1.02. The third-order valence-corrected chi connectivity index (χ3v) is 4.40. The fourth-order valence-corrected chi connectivity index (χ4v) is 3.48. The number of hydrogen-bond acceptors (Lipinski definition) is 2. The second kappa shape index (κ2) is 7.12. The summed E-state index contributed by atoms with van der Waals surface area (Å²) < 4.78 is 6.04. The van der Waals surface area contributed by atoms with E-state index in [1.807, 2.05) is 0 Å². The van der Waals surface area contributed by atoms with E-state index in [-0.39, 0.29) is 6.10 Å². The molecule has 0 amide bonds. The van der Waals surface area contributed by atoms with E-state index < -0.39 is 0 Å². The number of para-hydroxylation sites is 1. The van der Waals surface area contributed by atoms with Crippen LogP contribution in [0.25, 0.3) is 0 Å². The van der Waals surface area contributed by atoms with Gasteiger partial charge in [-0.2, -0.15) is 0 Å². The first-order valence-electron chi connectivity index (χ1n) is 8.02. The van der Waals surface area contributed by atoms with Crippen molar-refractivity contribution in [2.24, 2.45) is 11.8 Å². The number of rotatable bonds is 5. The lowest BCUT2D eigenvalue weighted by Crippen LogP contribution is -2.30. The first kappa shape index (κ1) is 15.4. The minimum atomic E-state index is 0.236. The molecule has 1 aliphatic carbocycles. The number of nitrogens with one attached hydrogen (secondary N) is 1. The van der Waals surface area contributed by atoms with Crippen LogP contribution in [-0.2, 0) is 0 Å². The van der Waals surface area contributed by atoms with Crippen LogP contribution in [-0.4, -0.2) is 19.7 Å². The minimum absolute atomic E-state index is 0.236. The van der Waals surface area contributed by atoms with Gasteiger partial charge in [-0.1, -0.05) is 31.5 Å². The summed E-state index contributed by atoms with van der Waals surface area (Å²) in [5.74, 6) is 3.26. The summed E-state index contributed by atoms with van der Waals surface area (Å²) in [5, 5.41) is 3.37. The van der Waals surface area contributed by atoms with Crippen LogP contribution in [0.3, 0.4) is 0 Å². The maximum atomic E-state index is 6.04. The summed E-state index contributed by atoms with van der Waals surface area (Å²) in [4.78, 5) is 0. The average Bonchev–Trinajstić information content (AvgIpc) is 2.41. The van der Waals surface area contributed by atoms with Gasteiger partial charge >= 0.3 is 0 Å². The van der Waals surface area contributed by atoms with Crippen molar-refractivity contribution in [2.45, 2.75) is 52.1 Å². The van der Waals surface area contributed by atoms with Gasteiger partial charge in [0.15, 0.2) is 0 Å². The zero-order valence-corrected chi connectivity index (χ0v) is 13.4. The fraction of sp³-hybridized carbons (Fsp3) is 0.667. The van der Waals surface area contributed by atoms with Crippen molar-refractivity contribution in [3.63, 3.8) is 0 Å². The van der Waals surface area contributed by atoms with Gasteiger partial charge in [0, 0.05) is 0 Å². The fourth-order valence-electron chi connectivity index (χ4n) is 3.48. The molecule has 0 aromatic heterocycles. The summed E-state index contributed by atoms with van der Waals surface area (Å²) in [7, 11) is 2.06. The van der Waals surface area contributed by atoms with E-state index in [2.05, 4.69) is 57.4 Å². The van der Waals surface area contributed by atoms with Crippen molar-refractivity contribution in [2.75, 3.05) is 13.6 Å². The molecule has 3 unspecified atom stereocenters. The van der Waals surface area contributed by atoms with E-state index in [0.29, 0.717) is 5.92 Å².